The van der Waals surface area contributed by atoms with Gasteiger partial charge in [-0.2, -0.15) is 0 Å². The summed E-state index contributed by atoms with van der Waals surface area (Å²) in [5.74, 6) is -0.126. The summed E-state index contributed by atoms with van der Waals surface area (Å²) in [5, 5.41) is 13.5. The van der Waals surface area contributed by atoms with Crippen LogP contribution < -0.4 is 15.6 Å². The lowest BCUT2D eigenvalue weighted by molar-refractivity contribution is 0.0698. The van der Waals surface area contributed by atoms with Gasteiger partial charge in [0.15, 0.2) is 5.43 Å². The van der Waals surface area contributed by atoms with E-state index < -0.39 is 5.97 Å². The zero-order valence-corrected chi connectivity index (χ0v) is 19.2. The molecular formula is C26H31N3O3. The van der Waals surface area contributed by atoms with Gasteiger partial charge in [-0.25, -0.2) is 4.79 Å². The molecule has 1 atom stereocenters. The van der Waals surface area contributed by atoms with Gasteiger partial charge < -0.3 is 20.3 Å². The van der Waals surface area contributed by atoms with E-state index in [0.29, 0.717) is 16.5 Å². The molecule has 1 fully saturated rings. The Hall–Kier alpha value is -3.28. The smallest absolute Gasteiger partial charge is 0.337 e. The summed E-state index contributed by atoms with van der Waals surface area (Å²) < 4.78 is 0. The van der Waals surface area contributed by atoms with Crippen LogP contribution >= 0.6 is 0 Å². The predicted octanol–water partition coefficient (Wildman–Crippen LogP) is 5.33. The summed E-state index contributed by atoms with van der Waals surface area (Å²) in [6.07, 6.45) is 2.16. The lowest BCUT2D eigenvalue weighted by Crippen LogP contribution is -2.38. The number of piperidine rings is 1. The van der Waals surface area contributed by atoms with Gasteiger partial charge >= 0.3 is 5.97 Å². The number of aryl methyl sites for hydroxylation is 1. The van der Waals surface area contributed by atoms with E-state index in [2.05, 4.69) is 35.1 Å². The van der Waals surface area contributed by atoms with Gasteiger partial charge in [0, 0.05) is 30.2 Å². The van der Waals surface area contributed by atoms with Crippen LogP contribution in [0.5, 0.6) is 0 Å². The van der Waals surface area contributed by atoms with E-state index in [1.165, 1.54) is 0 Å². The number of H-pyrrole nitrogens is 1. The number of aromatic carboxylic acids is 1. The minimum Gasteiger partial charge on any atom is -0.478 e. The summed E-state index contributed by atoms with van der Waals surface area (Å²) in [6, 6.07) is 12.4. The van der Waals surface area contributed by atoms with E-state index in [1.54, 1.807) is 24.3 Å². The van der Waals surface area contributed by atoms with Gasteiger partial charge in [0.1, 0.15) is 5.82 Å². The molecule has 1 saturated heterocycles. The summed E-state index contributed by atoms with van der Waals surface area (Å²) >= 11 is 0. The molecule has 0 spiro atoms. The molecule has 0 aliphatic carbocycles. The van der Waals surface area contributed by atoms with Crippen molar-refractivity contribution in [3.05, 3.63) is 69.4 Å². The number of benzene rings is 2. The lowest BCUT2D eigenvalue weighted by Gasteiger charge is -2.38. The molecule has 32 heavy (non-hydrogen) atoms. The Labute approximate surface area is 188 Å². The number of pyridine rings is 1. The standard InChI is InChI=1S/C26H31N3O3/c1-16-13-19(17(2)27-21-8-6-5-7-18(21)25(31)32)24-20(14-16)22(30)15-23(28-24)29-11-9-26(3,4)10-12-29/h5-8,13-15,17,27H,9-12H2,1-4H3,(H,28,30)(H,31,32). The number of para-hydroxylation sites is 1. The molecule has 0 saturated carbocycles. The van der Waals surface area contributed by atoms with E-state index in [-0.39, 0.29) is 17.0 Å². The third-order valence-electron chi connectivity index (χ3n) is 6.55. The second-order valence-corrected chi connectivity index (χ2v) is 9.66. The van der Waals surface area contributed by atoms with Crippen molar-refractivity contribution in [3.63, 3.8) is 0 Å². The van der Waals surface area contributed by atoms with Crippen LogP contribution in [0.4, 0.5) is 11.5 Å². The molecule has 1 unspecified atom stereocenters. The van der Waals surface area contributed by atoms with Crippen LogP contribution in [0.15, 0.2) is 47.3 Å². The number of fused-ring (bicyclic) bond motifs is 1. The number of aromatic nitrogens is 1. The second-order valence-electron chi connectivity index (χ2n) is 9.66. The number of aromatic amines is 1. The van der Waals surface area contributed by atoms with Crippen LogP contribution in [0.2, 0.25) is 0 Å². The summed E-state index contributed by atoms with van der Waals surface area (Å²) in [4.78, 5) is 30.5. The summed E-state index contributed by atoms with van der Waals surface area (Å²) in [7, 11) is 0. The van der Waals surface area contributed by atoms with Crippen LogP contribution in [0, 0.1) is 12.3 Å². The molecule has 6 nitrogen and oxygen atoms in total. The third-order valence-corrected chi connectivity index (χ3v) is 6.55. The van der Waals surface area contributed by atoms with Crippen molar-refractivity contribution in [2.24, 2.45) is 5.41 Å². The second kappa shape index (κ2) is 8.34. The van der Waals surface area contributed by atoms with Crippen molar-refractivity contribution >= 4 is 28.4 Å². The first-order valence-corrected chi connectivity index (χ1v) is 11.2. The van der Waals surface area contributed by atoms with Gasteiger partial charge in [0.2, 0.25) is 0 Å². The van der Waals surface area contributed by atoms with Gasteiger partial charge in [0.25, 0.3) is 0 Å². The largest absolute Gasteiger partial charge is 0.478 e. The van der Waals surface area contributed by atoms with Crippen molar-refractivity contribution in [2.45, 2.75) is 46.6 Å². The summed E-state index contributed by atoms with van der Waals surface area (Å²) in [5.41, 5.74) is 3.84. The number of carboxylic acid groups (broad SMARTS) is 1. The average Bonchev–Trinajstić information content (AvgIpc) is 2.74. The fraction of sp³-hybridized carbons (Fsp3) is 0.385. The number of carbonyl (C=O) groups is 1. The molecule has 0 bridgehead atoms. The Morgan fingerprint density at radius 1 is 1.16 bits per heavy atom. The maximum atomic E-state index is 13.1. The number of hydrogen-bond donors (Lipinski definition) is 3. The Morgan fingerprint density at radius 3 is 2.53 bits per heavy atom. The Balaban J connectivity index is 1.75. The van der Waals surface area contributed by atoms with Crippen molar-refractivity contribution in [3.8, 4) is 0 Å². The van der Waals surface area contributed by atoms with E-state index >= 15 is 0 Å². The molecule has 2 heterocycles. The zero-order valence-electron chi connectivity index (χ0n) is 19.2. The predicted molar refractivity (Wildman–Crippen MR) is 130 cm³/mol. The molecule has 1 aliphatic rings. The highest BCUT2D eigenvalue weighted by molar-refractivity contribution is 5.94. The van der Waals surface area contributed by atoms with Crippen LogP contribution in [0.25, 0.3) is 10.9 Å². The summed E-state index contributed by atoms with van der Waals surface area (Å²) in [6.45, 7) is 10.4. The number of carboxylic acids is 1. The molecule has 1 aromatic heterocycles. The molecule has 1 aliphatic heterocycles. The molecule has 6 heteroatoms. The number of anilines is 2. The normalized spacial score (nSPS) is 16.7. The fourth-order valence-electron chi connectivity index (χ4n) is 4.49. The Morgan fingerprint density at radius 2 is 1.84 bits per heavy atom. The first-order chi connectivity index (χ1) is 15.1. The van der Waals surface area contributed by atoms with Gasteiger partial charge in [-0.05, 0) is 61.4 Å². The van der Waals surface area contributed by atoms with Crippen LogP contribution in [-0.4, -0.2) is 29.1 Å². The first-order valence-electron chi connectivity index (χ1n) is 11.2. The van der Waals surface area contributed by atoms with Crippen LogP contribution in [-0.2, 0) is 0 Å². The molecule has 3 N–H and O–H groups in total. The zero-order chi connectivity index (χ0) is 23.0. The topological polar surface area (TPSA) is 85.4 Å². The first kappa shape index (κ1) is 21.9. The van der Waals surface area contributed by atoms with E-state index in [4.69, 9.17) is 0 Å². The minimum absolute atomic E-state index is 0.00155. The van der Waals surface area contributed by atoms with Crippen molar-refractivity contribution in [2.75, 3.05) is 23.3 Å². The van der Waals surface area contributed by atoms with Crippen molar-refractivity contribution in [1.82, 2.24) is 4.98 Å². The fourth-order valence-corrected chi connectivity index (χ4v) is 4.49. The van der Waals surface area contributed by atoms with E-state index in [9.17, 15) is 14.7 Å². The van der Waals surface area contributed by atoms with Gasteiger partial charge in [0.05, 0.1) is 17.1 Å². The molecule has 4 rings (SSSR count). The monoisotopic (exact) mass is 433 g/mol. The van der Waals surface area contributed by atoms with E-state index in [0.717, 1.165) is 48.4 Å². The molecule has 0 amide bonds. The molecule has 3 aromatic rings. The van der Waals surface area contributed by atoms with Gasteiger partial charge in [-0.3, -0.25) is 4.79 Å². The number of nitrogens with zero attached hydrogens (tertiary/aromatic N) is 1. The molecule has 2 aromatic carbocycles. The van der Waals surface area contributed by atoms with Crippen LogP contribution in [0.3, 0.4) is 0 Å². The number of nitrogens with one attached hydrogen (secondary N) is 2. The Bertz CT molecular complexity index is 1220. The Kier molecular flexibility index (Phi) is 5.71. The van der Waals surface area contributed by atoms with Gasteiger partial charge in [-0.15, -0.1) is 0 Å². The molecule has 168 valence electrons. The maximum absolute atomic E-state index is 13.1. The van der Waals surface area contributed by atoms with E-state index in [1.807, 2.05) is 26.0 Å². The number of hydrogen-bond acceptors (Lipinski definition) is 4. The molecule has 0 radical (unpaired) electrons. The lowest BCUT2D eigenvalue weighted by atomic mass is 9.83. The van der Waals surface area contributed by atoms with Gasteiger partial charge in [-0.1, -0.05) is 32.0 Å². The highest BCUT2D eigenvalue weighted by Gasteiger charge is 2.26. The SMILES string of the molecule is Cc1cc(C(C)Nc2ccccc2C(=O)O)c2[nH]c(N3CCC(C)(C)CC3)cc(=O)c2c1. The van der Waals surface area contributed by atoms with Crippen molar-refractivity contribution in [1.29, 1.82) is 0 Å². The van der Waals surface area contributed by atoms with Crippen LogP contribution in [0.1, 0.15) is 61.1 Å². The third kappa shape index (κ3) is 4.35. The number of rotatable bonds is 5. The highest BCUT2D eigenvalue weighted by atomic mass is 16.4. The highest BCUT2D eigenvalue weighted by Crippen LogP contribution is 2.33. The maximum Gasteiger partial charge on any atom is 0.337 e. The minimum atomic E-state index is -0.974. The average molecular weight is 434 g/mol. The van der Waals surface area contributed by atoms with Crippen molar-refractivity contribution < 1.29 is 9.90 Å². The quantitative estimate of drug-likeness (QED) is 0.506. The molecular weight excluding hydrogens is 402 g/mol.